The first-order valence-electron chi connectivity index (χ1n) is 47.1. The number of carboxylic acids is 3. The summed E-state index contributed by atoms with van der Waals surface area (Å²) >= 11 is 0. The third-order valence-electron chi connectivity index (χ3n) is 25.6. The summed E-state index contributed by atoms with van der Waals surface area (Å²) in [4.78, 5) is 93.6. The molecule has 28 N–H and O–H groups in total. The quantitative estimate of drug-likeness (QED) is 0.0254. The van der Waals surface area contributed by atoms with E-state index >= 15 is 0 Å². The zero-order chi connectivity index (χ0) is 98.9. The summed E-state index contributed by atoms with van der Waals surface area (Å²) in [6.45, 7) is -4.40. The molecule has 0 radical (unpaired) electrons. The summed E-state index contributed by atoms with van der Waals surface area (Å²) in [5.74, 6) is -21.1. The second kappa shape index (κ2) is 60.9. The van der Waals surface area contributed by atoms with Crippen LogP contribution in [-0.4, -0.2) is 425 Å². The van der Waals surface area contributed by atoms with E-state index in [4.69, 9.17) is 52.1 Å². The molecule has 0 aromatic rings. The SMILES string of the molecule is CCCCCCCCCCCCCCCCCCCC[C@@H](O)C(=O)N[C@@H](CO[C@@H]1O[C@H](CO)[C@H](O[C@@H]2O[C@H](CO)[C@H](O)[C@H](O[C@@]3(C(=O)O)C[C@H](O)[C@@H](NC(=O)CO[C@]4(C(=O)O)C[C@H](O)[C@@H](NC(=O)CO[C@]5(C(=O)O)C[C@H](O)[C@@H](NC(=O)CO)[C@H]([C@@H](O)[C@@H](CO)OC)O5)[C@H]([C@@H](O)[C@H](O)CO)O4)[C@H]([C@@H](O)[C@H](O)CO)O3)[C@H]2O)[C@H](O)[C@H]1O)[C@H](O)[C@H](O)CCCCCCCCCCC[C@@H](C)CC. The van der Waals surface area contributed by atoms with E-state index in [2.05, 4.69) is 42.0 Å². The van der Waals surface area contributed by atoms with Crippen molar-refractivity contribution in [3.05, 3.63) is 0 Å². The number of hydrogen-bond donors (Lipinski definition) is 28. The highest BCUT2D eigenvalue weighted by atomic mass is 16.8. The van der Waals surface area contributed by atoms with Crippen LogP contribution in [0.15, 0.2) is 0 Å². The van der Waals surface area contributed by atoms with Crippen molar-refractivity contribution in [2.45, 2.75) is 434 Å². The van der Waals surface area contributed by atoms with Crippen molar-refractivity contribution in [2.75, 3.05) is 66.6 Å². The average Bonchev–Trinajstić information content (AvgIpc) is 0.766. The minimum absolute atomic E-state index is 0.0574. The summed E-state index contributed by atoms with van der Waals surface area (Å²) in [7, 11) is 1.00. The van der Waals surface area contributed by atoms with E-state index in [1.165, 1.54) is 96.3 Å². The molecule has 0 aliphatic carbocycles. The van der Waals surface area contributed by atoms with Crippen LogP contribution in [0, 0.1) is 5.92 Å². The van der Waals surface area contributed by atoms with E-state index in [0.29, 0.717) is 18.8 Å². The number of carboxylic acid groups (broad SMARTS) is 3. The summed E-state index contributed by atoms with van der Waals surface area (Å²) in [6.07, 6.45) is -26.5. The largest absolute Gasteiger partial charge is 0.477 e. The average molecular weight is 1930 g/mol. The third kappa shape index (κ3) is 35.9. The molecule has 5 aliphatic rings. The standard InChI is InChI=1S/C87H156N4O42/c1-5-7-8-9-10-11-12-13-14-15-16-17-18-19-22-26-29-32-35-51(99)79(116)88-49(66(108)50(98)34-31-28-25-23-20-21-24-27-30-33-48(3)6-2)45-124-80-72(114)71(113)74(59(43-96)128-80)129-81-73(115)78(70(112)58(42-95)127-81)133-87(84(121)122)38-54(102)64(76(132-87)68(110)56(104)40-93)91-62(107)46-125-85(82(117)118)36-52(100)63(75(130-85)67(109)55(103)39-92)90-61(106)47-126-86(83(119)120)37-53(101)65(89-60(105)44-97)77(131-86)69(111)57(41-94)123-4/h48-59,63-78,80-81,92-104,108-115H,5-47H2,1-4H3,(H,88,116)(H,89,105)(H,90,106)(H,91,107)(H,117,118)(H,119,120)(H,121,122)/t48-,49-,50+,51+,52-,53-,54-,55+,56+,57+,58+,59+,63+,64+,65+,66-,67-,68-,69-,70-,71+,72+,73+,74-,75+,76+,77+,78-,80+,81-,85+,86+,87+/m0/s1. The number of nitrogens with one attached hydrogen (secondary N) is 4. The van der Waals surface area contributed by atoms with Crippen LogP contribution in [0.3, 0.4) is 0 Å². The first kappa shape index (κ1) is 118. The van der Waals surface area contributed by atoms with Crippen LogP contribution in [0.2, 0.25) is 0 Å². The lowest BCUT2D eigenvalue weighted by molar-refractivity contribution is -0.386. The topological polar surface area (TPSA) is 755 Å². The number of amides is 4. The molecule has 133 heavy (non-hydrogen) atoms. The molecule has 0 saturated carbocycles. The molecule has 0 unspecified atom stereocenters. The second-order valence-electron chi connectivity index (χ2n) is 35.9. The first-order chi connectivity index (χ1) is 63.3. The molecule has 46 heteroatoms. The summed E-state index contributed by atoms with van der Waals surface area (Å²) in [5, 5.41) is 273. The molecule has 5 heterocycles. The lowest BCUT2D eigenvalue weighted by Gasteiger charge is -2.50. The molecule has 4 amide bonds. The molecule has 5 saturated heterocycles. The Morgan fingerprint density at radius 3 is 1.22 bits per heavy atom. The molecular weight excluding hydrogens is 1770 g/mol. The van der Waals surface area contributed by atoms with E-state index < -0.39 is 315 Å². The normalized spacial score (nSPS) is 31.7. The summed E-state index contributed by atoms with van der Waals surface area (Å²) < 4.78 is 61.8. The predicted octanol–water partition coefficient (Wildman–Crippen LogP) is -4.94. The number of unbranched alkanes of at least 4 members (excludes halogenated alkanes) is 25. The van der Waals surface area contributed by atoms with Crippen molar-refractivity contribution in [3.8, 4) is 0 Å². The lowest BCUT2D eigenvalue weighted by atomic mass is 9.88. The van der Waals surface area contributed by atoms with Gasteiger partial charge < -0.3 is 196 Å². The second-order valence-corrected chi connectivity index (χ2v) is 35.9. The van der Waals surface area contributed by atoms with E-state index in [9.17, 15) is 156 Å². The van der Waals surface area contributed by atoms with Gasteiger partial charge in [0.1, 0.15) is 136 Å². The number of rotatable bonds is 68. The van der Waals surface area contributed by atoms with Crippen LogP contribution in [0.25, 0.3) is 0 Å². The highest BCUT2D eigenvalue weighted by molar-refractivity contribution is 5.82. The van der Waals surface area contributed by atoms with Crippen LogP contribution in [0.4, 0.5) is 0 Å². The van der Waals surface area contributed by atoms with Crippen LogP contribution in [0.5, 0.6) is 0 Å². The van der Waals surface area contributed by atoms with Gasteiger partial charge in [0, 0.05) is 26.4 Å². The number of aliphatic carboxylic acids is 3. The Kier molecular flexibility index (Phi) is 54.2. The molecule has 33 atom stereocenters. The van der Waals surface area contributed by atoms with Gasteiger partial charge in [-0.25, -0.2) is 14.4 Å². The van der Waals surface area contributed by atoms with Crippen molar-refractivity contribution in [3.63, 3.8) is 0 Å². The first-order valence-corrected chi connectivity index (χ1v) is 47.1. The number of methoxy groups -OCH3 is 1. The minimum Gasteiger partial charge on any atom is -0.477 e. The Hall–Kier alpha value is -4.99. The Morgan fingerprint density at radius 1 is 0.429 bits per heavy atom. The minimum atomic E-state index is -3.51. The van der Waals surface area contributed by atoms with Crippen molar-refractivity contribution in [1.82, 2.24) is 21.3 Å². The number of carbonyl (C=O) groups is 7. The van der Waals surface area contributed by atoms with E-state index in [1.54, 1.807) is 0 Å². The van der Waals surface area contributed by atoms with Crippen LogP contribution in [0.1, 0.15) is 239 Å². The van der Waals surface area contributed by atoms with Gasteiger partial charge in [0.05, 0.1) is 88.2 Å². The molecule has 0 bridgehead atoms. The van der Waals surface area contributed by atoms with Gasteiger partial charge in [-0.05, 0) is 18.8 Å². The zero-order valence-corrected chi connectivity index (χ0v) is 76.8. The smallest absolute Gasteiger partial charge is 0.364 e. The van der Waals surface area contributed by atoms with Gasteiger partial charge in [0.2, 0.25) is 23.6 Å². The van der Waals surface area contributed by atoms with Crippen LogP contribution >= 0.6 is 0 Å². The number of hydrogen-bond acceptors (Lipinski definition) is 39. The van der Waals surface area contributed by atoms with Crippen LogP contribution < -0.4 is 21.3 Å². The van der Waals surface area contributed by atoms with Crippen molar-refractivity contribution in [2.24, 2.45) is 5.92 Å². The molecular formula is C87H156N4O42. The van der Waals surface area contributed by atoms with Gasteiger partial charge in [-0.15, -0.1) is 0 Å². The van der Waals surface area contributed by atoms with Gasteiger partial charge in [0.25, 0.3) is 17.4 Å². The van der Waals surface area contributed by atoms with Crippen molar-refractivity contribution >= 4 is 41.5 Å². The highest BCUT2D eigenvalue weighted by Crippen LogP contribution is 2.41. The van der Waals surface area contributed by atoms with E-state index in [-0.39, 0.29) is 12.8 Å². The Bertz CT molecular complexity index is 3310. The number of ether oxygens (including phenoxy) is 11. The van der Waals surface area contributed by atoms with Gasteiger partial charge >= 0.3 is 17.9 Å². The lowest BCUT2D eigenvalue weighted by Crippen LogP contribution is -2.71. The summed E-state index contributed by atoms with van der Waals surface area (Å²) in [5.41, 5.74) is 0. The molecule has 5 aliphatic heterocycles. The highest BCUT2D eigenvalue weighted by Gasteiger charge is 2.63. The number of carbonyl (C=O) groups excluding carboxylic acids is 4. The fourth-order valence-corrected chi connectivity index (χ4v) is 17.2. The molecule has 46 nitrogen and oxygen atoms in total. The van der Waals surface area contributed by atoms with Gasteiger partial charge in [-0.1, -0.05) is 207 Å². The van der Waals surface area contributed by atoms with Crippen LogP contribution in [-0.2, 0) is 85.7 Å². The van der Waals surface area contributed by atoms with Gasteiger partial charge in [-0.2, -0.15) is 0 Å². The Balaban J connectivity index is 1.28. The maximum atomic E-state index is 14.1. The van der Waals surface area contributed by atoms with Gasteiger partial charge in [-0.3, -0.25) is 19.2 Å². The number of aliphatic hydroxyl groups excluding tert-OH is 21. The predicted molar refractivity (Wildman–Crippen MR) is 459 cm³/mol. The zero-order valence-electron chi connectivity index (χ0n) is 76.8. The number of aliphatic hydroxyl groups is 21. The van der Waals surface area contributed by atoms with E-state index in [0.717, 1.165) is 84.2 Å². The molecule has 5 rings (SSSR count). The Morgan fingerprint density at radius 2 is 0.820 bits per heavy atom. The molecule has 0 spiro atoms. The van der Waals surface area contributed by atoms with E-state index in [1.807, 2.05) is 0 Å². The van der Waals surface area contributed by atoms with Gasteiger partial charge in [0.15, 0.2) is 12.6 Å². The molecule has 0 aromatic carbocycles. The Labute approximate surface area is 774 Å². The fraction of sp³-hybridized carbons (Fsp3) is 0.920. The summed E-state index contributed by atoms with van der Waals surface area (Å²) in [6, 6.07) is -7.65. The maximum absolute atomic E-state index is 14.1. The van der Waals surface area contributed by atoms with Crippen molar-refractivity contribution in [1.29, 1.82) is 0 Å². The molecule has 776 valence electrons. The van der Waals surface area contributed by atoms with Crippen molar-refractivity contribution < 1.29 is 208 Å². The maximum Gasteiger partial charge on any atom is 0.364 e. The molecule has 0 aromatic heterocycles. The fourth-order valence-electron chi connectivity index (χ4n) is 17.2. The third-order valence-corrected chi connectivity index (χ3v) is 25.6. The monoisotopic (exact) mass is 1930 g/mol. The molecule has 5 fully saturated rings.